The van der Waals surface area contributed by atoms with Crippen molar-refractivity contribution in [3.05, 3.63) is 106 Å². The molecular weight excluding hydrogens is 476 g/mol. The van der Waals surface area contributed by atoms with Crippen LogP contribution in [0.25, 0.3) is 5.69 Å². The van der Waals surface area contributed by atoms with E-state index in [-0.39, 0.29) is 17.8 Å². The van der Waals surface area contributed by atoms with Crippen molar-refractivity contribution in [2.75, 3.05) is 4.90 Å². The van der Waals surface area contributed by atoms with Crippen LogP contribution in [0.2, 0.25) is 5.02 Å². The highest BCUT2D eigenvalue weighted by atomic mass is 35.5. The smallest absolute Gasteiger partial charge is 0.174 e. The van der Waals surface area contributed by atoms with Gasteiger partial charge < -0.3 is 19.9 Å². The van der Waals surface area contributed by atoms with Gasteiger partial charge in [-0.05, 0) is 86.1 Å². The van der Waals surface area contributed by atoms with E-state index < -0.39 is 0 Å². The number of thiocarbonyl (C=S) groups is 1. The van der Waals surface area contributed by atoms with Crippen LogP contribution in [-0.2, 0) is 6.42 Å². The van der Waals surface area contributed by atoms with Crippen molar-refractivity contribution >= 4 is 34.6 Å². The van der Waals surface area contributed by atoms with Gasteiger partial charge in [-0.15, -0.1) is 0 Å². The van der Waals surface area contributed by atoms with E-state index in [0.29, 0.717) is 15.8 Å². The van der Waals surface area contributed by atoms with E-state index in [1.165, 1.54) is 11.3 Å². The van der Waals surface area contributed by atoms with Crippen LogP contribution in [0.4, 0.5) is 5.69 Å². The summed E-state index contributed by atoms with van der Waals surface area (Å²) >= 11 is 12.2. The SMILES string of the molecule is CCc1ccccc1-n1c(C)cc([C@H]2[C@@H](c3ccccn3)NC(=S)N2c2cc(Cl)ccc2O)c1C. The fourth-order valence-corrected chi connectivity index (χ4v) is 5.61. The molecule has 0 radical (unpaired) electrons. The lowest BCUT2D eigenvalue weighted by molar-refractivity contribution is 0.472. The van der Waals surface area contributed by atoms with E-state index in [1.807, 2.05) is 23.1 Å². The number of pyridine rings is 1. The van der Waals surface area contributed by atoms with Crippen molar-refractivity contribution in [1.29, 1.82) is 0 Å². The summed E-state index contributed by atoms with van der Waals surface area (Å²) in [6, 6.07) is 21.2. The third-order valence-corrected chi connectivity index (χ3v) is 7.25. The Morgan fingerprint density at radius 2 is 1.80 bits per heavy atom. The molecule has 0 unspecified atom stereocenters. The second-order valence-electron chi connectivity index (χ2n) is 8.77. The van der Waals surface area contributed by atoms with E-state index >= 15 is 0 Å². The Balaban J connectivity index is 1.72. The first-order valence-electron chi connectivity index (χ1n) is 11.7. The molecule has 3 heterocycles. The topological polar surface area (TPSA) is 53.3 Å². The number of aromatic nitrogens is 2. The molecule has 0 spiro atoms. The third kappa shape index (κ3) is 4.07. The van der Waals surface area contributed by atoms with Gasteiger partial charge in [-0.3, -0.25) is 4.98 Å². The Hall–Kier alpha value is -3.35. The quantitative estimate of drug-likeness (QED) is 0.301. The van der Waals surface area contributed by atoms with Crippen LogP contribution in [0.5, 0.6) is 5.75 Å². The van der Waals surface area contributed by atoms with Gasteiger partial charge in [-0.1, -0.05) is 42.8 Å². The standard InChI is InChI=1S/C28H27ClN4OS/c1-4-19-9-5-6-11-23(19)32-17(2)15-21(18(32)3)27-26(22-10-7-8-14-30-22)31-28(35)33(27)24-16-20(29)12-13-25(24)34/h5-16,26-27,34H,4H2,1-3H3,(H,31,35)/t26-,27+/m1/s1. The molecule has 2 aromatic carbocycles. The van der Waals surface area contributed by atoms with Gasteiger partial charge in [0.1, 0.15) is 5.75 Å². The maximum atomic E-state index is 10.8. The Morgan fingerprint density at radius 1 is 1.03 bits per heavy atom. The van der Waals surface area contributed by atoms with Crippen molar-refractivity contribution in [3.8, 4) is 11.4 Å². The molecule has 1 saturated heterocycles. The minimum absolute atomic E-state index is 0.121. The number of hydrogen-bond acceptors (Lipinski definition) is 3. The van der Waals surface area contributed by atoms with Crippen molar-refractivity contribution in [1.82, 2.24) is 14.9 Å². The molecule has 2 atom stereocenters. The molecule has 0 aliphatic carbocycles. The summed E-state index contributed by atoms with van der Waals surface area (Å²) in [5.74, 6) is 0.121. The number of benzene rings is 2. The molecule has 35 heavy (non-hydrogen) atoms. The number of nitrogens with one attached hydrogen (secondary N) is 1. The summed E-state index contributed by atoms with van der Waals surface area (Å²) in [7, 11) is 0. The molecule has 2 N–H and O–H groups in total. The number of aromatic hydroxyl groups is 1. The molecule has 2 aromatic heterocycles. The maximum Gasteiger partial charge on any atom is 0.174 e. The van der Waals surface area contributed by atoms with E-state index in [0.717, 1.165) is 29.1 Å². The zero-order valence-electron chi connectivity index (χ0n) is 19.9. The van der Waals surface area contributed by atoms with Gasteiger partial charge in [0.25, 0.3) is 0 Å². The zero-order chi connectivity index (χ0) is 24.7. The number of rotatable bonds is 5. The maximum absolute atomic E-state index is 10.8. The molecule has 0 amide bonds. The molecular formula is C28H27ClN4OS. The molecule has 0 bridgehead atoms. The first kappa shape index (κ1) is 23.4. The van der Waals surface area contributed by atoms with Crippen LogP contribution in [0.1, 0.15) is 47.2 Å². The van der Waals surface area contributed by atoms with Crippen LogP contribution in [0.15, 0.2) is 72.9 Å². The summed E-state index contributed by atoms with van der Waals surface area (Å²) < 4.78 is 2.31. The van der Waals surface area contributed by atoms with Crippen LogP contribution in [-0.4, -0.2) is 19.8 Å². The molecule has 7 heteroatoms. The predicted molar refractivity (Wildman–Crippen MR) is 146 cm³/mol. The molecule has 5 nitrogen and oxygen atoms in total. The van der Waals surface area contributed by atoms with Gasteiger partial charge in [0.2, 0.25) is 0 Å². The second-order valence-corrected chi connectivity index (χ2v) is 9.60. The van der Waals surface area contributed by atoms with E-state index in [9.17, 15) is 5.11 Å². The summed E-state index contributed by atoms with van der Waals surface area (Å²) in [5, 5.41) is 15.3. The monoisotopic (exact) mass is 502 g/mol. The van der Waals surface area contributed by atoms with Crippen molar-refractivity contribution in [3.63, 3.8) is 0 Å². The Bertz CT molecular complexity index is 1400. The number of para-hydroxylation sites is 1. The first-order valence-corrected chi connectivity index (χ1v) is 12.5. The summed E-state index contributed by atoms with van der Waals surface area (Å²) in [6.45, 7) is 6.44. The van der Waals surface area contributed by atoms with Crippen LogP contribution in [0, 0.1) is 13.8 Å². The minimum Gasteiger partial charge on any atom is -0.506 e. The lowest BCUT2D eigenvalue weighted by atomic mass is 9.96. The first-order chi connectivity index (χ1) is 16.9. The number of hydrogen-bond donors (Lipinski definition) is 2. The predicted octanol–water partition coefficient (Wildman–Crippen LogP) is 6.59. The summed E-state index contributed by atoms with van der Waals surface area (Å²) in [4.78, 5) is 6.61. The Labute approximate surface area is 216 Å². The van der Waals surface area contributed by atoms with Gasteiger partial charge >= 0.3 is 0 Å². The lowest BCUT2D eigenvalue weighted by Gasteiger charge is -2.29. The number of phenolic OH excluding ortho intramolecular Hbond substituents is 1. The van der Waals surface area contributed by atoms with Gasteiger partial charge in [-0.25, -0.2) is 0 Å². The van der Waals surface area contributed by atoms with Gasteiger partial charge in [0.05, 0.1) is 23.5 Å². The largest absolute Gasteiger partial charge is 0.506 e. The number of halogens is 1. The van der Waals surface area contributed by atoms with Crippen molar-refractivity contribution < 1.29 is 5.11 Å². The number of nitrogens with zero attached hydrogens (tertiary/aromatic N) is 3. The number of aryl methyl sites for hydroxylation is 2. The lowest BCUT2D eigenvalue weighted by Crippen LogP contribution is -2.29. The van der Waals surface area contributed by atoms with Gasteiger partial charge in [0.15, 0.2) is 5.11 Å². The molecule has 5 rings (SSSR count). The Kier molecular flexibility index (Phi) is 6.26. The molecule has 1 fully saturated rings. The highest BCUT2D eigenvalue weighted by Crippen LogP contribution is 2.46. The average molecular weight is 503 g/mol. The van der Waals surface area contributed by atoms with Crippen LogP contribution in [0.3, 0.4) is 0 Å². The normalized spacial score (nSPS) is 17.6. The molecule has 4 aromatic rings. The molecule has 0 saturated carbocycles. The van der Waals surface area contributed by atoms with E-state index in [4.69, 9.17) is 23.8 Å². The molecule has 178 valence electrons. The summed E-state index contributed by atoms with van der Waals surface area (Å²) in [6.07, 6.45) is 2.73. The second kappa shape index (κ2) is 9.36. The van der Waals surface area contributed by atoms with Crippen molar-refractivity contribution in [2.45, 2.75) is 39.3 Å². The average Bonchev–Trinajstić information content (AvgIpc) is 3.36. The fraction of sp³-hybridized carbons (Fsp3) is 0.214. The highest BCUT2D eigenvalue weighted by molar-refractivity contribution is 7.80. The molecule has 1 aliphatic rings. The van der Waals surface area contributed by atoms with Crippen LogP contribution < -0.4 is 10.2 Å². The fourth-order valence-electron chi connectivity index (χ4n) is 5.11. The zero-order valence-corrected chi connectivity index (χ0v) is 21.4. The van der Waals surface area contributed by atoms with Crippen LogP contribution >= 0.6 is 23.8 Å². The number of phenols is 1. The van der Waals surface area contributed by atoms with Gasteiger partial charge in [-0.2, -0.15) is 0 Å². The van der Waals surface area contributed by atoms with E-state index in [2.05, 4.69) is 66.0 Å². The minimum atomic E-state index is -0.240. The number of anilines is 1. The highest BCUT2D eigenvalue weighted by Gasteiger charge is 2.43. The summed E-state index contributed by atoms with van der Waals surface area (Å²) in [5.41, 5.74) is 7.26. The van der Waals surface area contributed by atoms with E-state index in [1.54, 1.807) is 24.4 Å². The van der Waals surface area contributed by atoms with Crippen molar-refractivity contribution in [2.24, 2.45) is 0 Å². The van der Waals surface area contributed by atoms with Gasteiger partial charge in [0, 0.05) is 28.3 Å². The molecule has 1 aliphatic heterocycles. The Morgan fingerprint density at radius 3 is 2.54 bits per heavy atom. The third-order valence-electron chi connectivity index (χ3n) is 6.70.